The predicted octanol–water partition coefficient (Wildman–Crippen LogP) is 5.35. The SMILES string of the molecule is CCC(C(=O)NC(C)C)N(Cc1ccccc1Cl)C(=O)COc1ccc(C(C)(C)C)cc1. The molecule has 0 spiro atoms. The van der Waals surface area contributed by atoms with Crippen LogP contribution in [-0.4, -0.2) is 35.4 Å². The Morgan fingerprint density at radius 1 is 1.06 bits per heavy atom. The van der Waals surface area contributed by atoms with Crippen LogP contribution in [0.1, 0.15) is 59.1 Å². The molecule has 0 aliphatic carbocycles. The van der Waals surface area contributed by atoms with Gasteiger partial charge < -0.3 is 15.0 Å². The highest BCUT2D eigenvalue weighted by atomic mass is 35.5. The molecule has 0 aromatic heterocycles. The Kier molecular flexibility index (Phi) is 9.14. The van der Waals surface area contributed by atoms with E-state index in [0.29, 0.717) is 17.2 Å². The fourth-order valence-electron chi connectivity index (χ4n) is 3.39. The molecule has 0 aliphatic rings. The van der Waals surface area contributed by atoms with Crippen molar-refractivity contribution in [3.63, 3.8) is 0 Å². The van der Waals surface area contributed by atoms with Crippen LogP contribution >= 0.6 is 11.6 Å². The highest BCUT2D eigenvalue weighted by molar-refractivity contribution is 6.31. The minimum atomic E-state index is -0.618. The van der Waals surface area contributed by atoms with Crippen LogP contribution in [0.25, 0.3) is 0 Å². The smallest absolute Gasteiger partial charge is 0.261 e. The van der Waals surface area contributed by atoms with Gasteiger partial charge in [0.2, 0.25) is 5.91 Å². The molecule has 0 fully saturated rings. The lowest BCUT2D eigenvalue weighted by molar-refractivity contribution is -0.143. The largest absolute Gasteiger partial charge is 0.484 e. The van der Waals surface area contributed by atoms with Crippen molar-refractivity contribution in [3.05, 3.63) is 64.7 Å². The molecule has 0 saturated carbocycles. The van der Waals surface area contributed by atoms with Gasteiger partial charge in [0, 0.05) is 17.6 Å². The van der Waals surface area contributed by atoms with Gasteiger partial charge in [-0.3, -0.25) is 9.59 Å². The lowest BCUT2D eigenvalue weighted by atomic mass is 9.87. The van der Waals surface area contributed by atoms with Crippen LogP contribution in [0, 0.1) is 0 Å². The summed E-state index contributed by atoms with van der Waals surface area (Å²) >= 11 is 6.34. The maximum absolute atomic E-state index is 13.2. The zero-order chi connectivity index (χ0) is 23.9. The summed E-state index contributed by atoms with van der Waals surface area (Å²) in [6.45, 7) is 12.2. The molecule has 32 heavy (non-hydrogen) atoms. The topological polar surface area (TPSA) is 58.6 Å². The van der Waals surface area contributed by atoms with Crippen LogP contribution in [0.5, 0.6) is 5.75 Å². The Morgan fingerprint density at radius 3 is 2.22 bits per heavy atom. The second-order valence-electron chi connectivity index (χ2n) is 9.26. The Morgan fingerprint density at radius 2 is 1.69 bits per heavy atom. The molecule has 2 aromatic rings. The molecule has 2 rings (SSSR count). The van der Waals surface area contributed by atoms with Crippen LogP contribution in [0.4, 0.5) is 0 Å². The Labute approximate surface area is 197 Å². The van der Waals surface area contributed by atoms with E-state index < -0.39 is 6.04 Å². The van der Waals surface area contributed by atoms with Crippen LogP contribution in [-0.2, 0) is 21.5 Å². The first-order valence-electron chi connectivity index (χ1n) is 11.1. The molecule has 1 N–H and O–H groups in total. The van der Waals surface area contributed by atoms with Crippen LogP contribution in [0.3, 0.4) is 0 Å². The molecular formula is C26H35ClN2O3. The van der Waals surface area contributed by atoms with Crippen LogP contribution < -0.4 is 10.1 Å². The quantitative estimate of drug-likeness (QED) is 0.551. The lowest BCUT2D eigenvalue weighted by Gasteiger charge is -2.31. The van der Waals surface area contributed by atoms with E-state index in [1.807, 2.05) is 63.2 Å². The zero-order valence-corrected chi connectivity index (χ0v) is 20.7. The van der Waals surface area contributed by atoms with Gasteiger partial charge in [-0.25, -0.2) is 0 Å². The van der Waals surface area contributed by atoms with Gasteiger partial charge in [0.05, 0.1) is 0 Å². The molecule has 0 aliphatic heterocycles. The third kappa shape index (κ3) is 7.27. The van der Waals surface area contributed by atoms with E-state index in [-0.39, 0.29) is 36.4 Å². The summed E-state index contributed by atoms with van der Waals surface area (Å²) in [5.74, 6) is 0.164. The molecule has 174 valence electrons. The molecule has 2 amide bonds. The normalized spacial score (nSPS) is 12.4. The molecule has 0 bridgehead atoms. The molecule has 0 saturated heterocycles. The van der Waals surface area contributed by atoms with Gasteiger partial charge in [0.15, 0.2) is 6.61 Å². The standard InChI is InChI=1S/C26H35ClN2O3/c1-7-23(25(31)28-18(2)3)29(16-19-10-8-9-11-22(19)27)24(30)17-32-21-14-12-20(13-15-21)26(4,5)6/h8-15,18,23H,7,16-17H2,1-6H3,(H,28,31). The highest BCUT2D eigenvalue weighted by Gasteiger charge is 2.29. The number of hydrogen-bond donors (Lipinski definition) is 1. The predicted molar refractivity (Wildman–Crippen MR) is 130 cm³/mol. The average Bonchev–Trinajstić information content (AvgIpc) is 2.72. The van der Waals surface area contributed by atoms with E-state index in [0.717, 1.165) is 5.56 Å². The van der Waals surface area contributed by atoms with Gasteiger partial charge in [0.1, 0.15) is 11.8 Å². The number of benzene rings is 2. The fraction of sp³-hybridized carbons (Fsp3) is 0.462. The maximum Gasteiger partial charge on any atom is 0.261 e. The summed E-state index contributed by atoms with van der Waals surface area (Å²) in [6.07, 6.45) is 0.481. The number of carbonyl (C=O) groups excluding carboxylic acids is 2. The van der Waals surface area contributed by atoms with Gasteiger partial charge in [0.25, 0.3) is 5.91 Å². The molecule has 2 aromatic carbocycles. The van der Waals surface area contributed by atoms with Gasteiger partial charge in [-0.15, -0.1) is 0 Å². The molecular weight excluding hydrogens is 424 g/mol. The number of nitrogens with one attached hydrogen (secondary N) is 1. The minimum absolute atomic E-state index is 0.0219. The third-order valence-electron chi connectivity index (χ3n) is 5.20. The summed E-state index contributed by atoms with van der Waals surface area (Å²) in [7, 11) is 0. The van der Waals surface area contributed by atoms with E-state index >= 15 is 0 Å². The van der Waals surface area contributed by atoms with Crippen molar-refractivity contribution in [1.82, 2.24) is 10.2 Å². The summed E-state index contributed by atoms with van der Waals surface area (Å²) in [5.41, 5.74) is 2.01. The van der Waals surface area contributed by atoms with Crippen LogP contribution in [0.2, 0.25) is 5.02 Å². The van der Waals surface area contributed by atoms with Crippen molar-refractivity contribution in [2.24, 2.45) is 0 Å². The maximum atomic E-state index is 13.2. The van der Waals surface area contributed by atoms with Crippen molar-refractivity contribution in [3.8, 4) is 5.75 Å². The number of ether oxygens (including phenoxy) is 1. The van der Waals surface area contributed by atoms with Gasteiger partial charge in [-0.1, -0.05) is 69.6 Å². The molecule has 0 heterocycles. The number of carbonyl (C=O) groups is 2. The van der Waals surface area contributed by atoms with Crippen LogP contribution in [0.15, 0.2) is 48.5 Å². The molecule has 5 nitrogen and oxygen atoms in total. The number of nitrogens with zero attached hydrogens (tertiary/aromatic N) is 1. The van der Waals surface area contributed by atoms with E-state index in [1.54, 1.807) is 11.0 Å². The van der Waals surface area contributed by atoms with Crippen molar-refractivity contribution in [1.29, 1.82) is 0 Å². The molecule has 6 heteroatoms. The van der Waals surface area contributed by atoms with Crippen molar-refractivity contribution < 1.29 is 14.3 Å². The summed E-state index contributed by atoms with van der Waals surface area (Å²) in [5, 5.41) is 3.48. The number of hydrogen-bond acceptors (Lipinski definition) is 3. The second kappa shape index (κ2) is 11.4. The van der Waals surface area contributed by atoms with Gasteiger partial charge >= 0.3 is 0 Å². The number of amides is 2. The van der Waals surface area contributed by atoms with Crippen molar-refractivity contribution >= 4 is 23.4 Å². The lowest BCUT2D eigenvalue weighted by Crippen LogP contribution is -2.51. The zero-order valence-electron chi connectivity index (χ0n) is 19.9. The number of rotatable bonds is 9. The van der Waals surface area contributed by atoms with E-state index in [4.69, 9.17) is 16.3 Å². The summed E-state index contributed by atoms with van der Waals surface area (Å²) in [4.78, 5) is 27.6. The first-order valence-corrected chi connectivity index (χ1v) is 11.5. The Bertz CT molecular complexity index is 904. The monoisotopic (exact) mass is 458 g/mol. The van der Waals surface area contributed by atoms with Crippen molar-refractivity contribution in [2.75, 3.05) is 6.61 Å². The fourth-order valence-corrected chi connectivity index (χ4v) is 3.58. The summed E-state index contributed by atoms with van der Waals surface area (Å²) in [6, 6.07) is 14.5. The van der Waals surface area contributed by atoms with Crippen molar-refractivity contribution in [2.45, 2.75) is 72.0 Å². The summed E-state index contributed by atoms with van der Waals surface area (Å²) < 4.78 is 5.78. The third-order valence-corrected chi connectivity index (χ3v) is 5.57. The first kappa shape index (κ1) is 25.7. The molecule has 1 atom stereocenters. The van der Waals surface area contributed by atoms with E-state index in [9.17, 15) is 9.59 Å². The minimum Gasteiger partial charge on any atom is -0.484 e. The second-order valence-corrected chi connectivity index (χ2v) is 9.67. The van der Waals surface area contributed by atoms with E-state index in [1.165, 1.54) is 5.56 Å². The Balaban J connectivity index is 2.20. The van der Waals surface area contributed by atoms with Gasteiger partial charge in [-0.2, -0.15) is 0 Å². The van der Waals surface area contributed by atoms with E-state index in [2.05, 4.69) is 26.1 Å². The average molecular weight is 459 g/mol. The first-order chi connectivity index (χ1) is 15.0. The highest BCUT2D eigenvalue weighted by Crippen LogP contribution is 2.25. The Hall–Kier alpha value is -2.53. The molecule has 0 radical (unpaired) electrons. The number of halogens is 1. The molecule has 1 unspecified atom stereocenters. The van der Waals surface area contributed by atoms with Gasteiger partial charge in [-0.05, 0) is 55.0 Å².